The lowest BCUT2D eigenvalue weighted by atomic mass is 10.2. The molecule has 0 atom stereocenters. The van der Waals surface area contributed by atoms with Gasteiger partial charge in [-0.3, -0.25) is 9.59 Å². The fourth-order valence-electron chi connectivity index (χ4n) is 3.33. The van der Waals surface area contributed by atoms with Crippen LogP contribution >= 0.6 is 0 Å². The maximum absolute atomic E-state index is 12.8. The summed E-state index contributed by atoms with van der Waals surface area (Å²) in [5.41, 5.74) is 1.29. The van der Waals surface area contributed by atoms with Gasteiger partial charge in [-0.2, -0.15) is 0 Å². The molecule has 1 amide bonds. The molecule has 0 aliphatic rings. The van der Waals surface area contributed by atoms with Crippen molar-refractivity contribution < 1.29 is 4.79 Å². The molecular formula is C21H28N6O2. The lowest BCUT2D eigenvalue weighted by Gasteiger charge is -2.16. The second kappa shape index (κ2) is 9.36. The first-order valence-electron chi connectivity index (χ1n) is 9.95. The van der Waals surface area contributed by atoms with Gasteiger partial charge in [0.2, 0.25) is 5.91 Å². The van der Waals surface area contributed by atoms with E-state index in [4.69, 9.17) is 0 Å². The van der Waals surface area contributed by atoms with Crippen LogP contribution in [-0.2, 0) is 24.3 Å². The van der Waals surface area contributed by atoms with Crippen molar-refractivity contribution in [3.05, 3.63) is 52.8 Å². The highest BCUT2D eigenvalue weighted by Crippen LogP contribution is 2.13. The molecule has 1 aromatic carbocycles. The Morgan fingerprint density at radius 3 is 2.76 bits per heavy atom. The van der Waals surface area contributed by atoms with Gasteiger partial charge in [-0.05, 0) is 18.6 Å². The molecule has 0 aliphatic heterocycles. The number of aryl methyl sites for hydroxylation is 3. The van der Waals surface area contributed by atoms with Crippen molar-refractivity contribution in [3.8, 4) is 0 Å². The van der Waals surface area contributed by atoms with Gasteiger partial charge in [0.15, 0.2) is 5.82 Å². The summed E-state index contributed by atoms with van der Waals surface area (Å²) in [7, 11) is 3.58. The molecule has 0 unspecified atom stereocenters. The third-order valence-corrected chi connectivity index (χ3v) is 4.84. The zero-order valence-electron chi connectivity index (χ0n) is 17.3. The number of imidazole rings is 1. The van der Waals surface area contributed by atoms with Crippen molar-refractivity contribution >= 4 is 22.8 Å². The number of carbonyl (C=O) groups excluding carboxylic acids is 1. The zero-order chi connectivity index (χ0) is 20.8. The average molecular weight is 396 g/mol. The summed E-state index contributed by atoms with van der Waals surface area (Å²) in [5, 5.41) is 2.94. The van der Waals surface area contributed by atoms with Crippen LogP contribution in [-0.4, -0.2) is 45.6 Å². The van der Waals surface area contributed by atoms with Crippen molar-refractivity contribution in [3.63, 3.8) is 0 Å². The van der Waals surface area contributed by atoms with Gasteiger partial charge in [0.25, 0.3) is 5.56 Å². The number of rotatable bonds is 9. The molecule has 2 aromatic heterocycles. The van der Waals surface area contributed by atoms with Crippen LogP contribution in [0.25, 0.3) is 11.0 Å². The minimum Gasteiger partial charge on any atom is -0.358 e. The number of fused-ring (bicyclic) bond motifs is 1. The largest absolute Gasteiger partial charge is 0.358 e. The molecule has 29 heavy (non-hydrogen) atoms. The number of amides is 1. The van der Waals surface area contributed by atoms with E-state index in [1.165, 1.54) is 0 Å². The lowest BCUT2D eigenvalue weighted by molar-refractivity contribution is -0.121. The molecule has 0 aliphatic carbocycles. The second-order valence-corrected chi connectivity index (χ2v) is 7.12. The third-order valence-electron chi connectivity index (χ3n) is 4.84. The summed E-state index contributed by atoms with van der Waals surface area (Å²) in [4.78, 5) is 35.5. The summed E-state index contributed by atoms with van der Waals surface area (Å²) in [6.45, 7) is 3.81. The highest BCUT2D eigenvalue weighted by Gasteiger charge is 2.13. The van der Waals surface area contributed by atoms with Crippen LogP contribution in [0.5, 0.6) is 0 Å². The Balaban J connectivity index is 1.59. The molecule has 154 valence electrons. The number of para-hydroxylation sites is 2. The van der Waals surface area contributed by atoms with E-state index in [9.17, 15) is 9.59 Å². The van der Waals surface area contributed by atoms with Crippen LogP contribution < -0.4 is 15.8 Å². The van der Waals surface area contributed by atoms with Crippen LogP contribution in [0, 0.1) is 0 Å². The molecule has 2 heterocycles. The Kier molecular flexibility index (Phi) is 6.64. The molecule has 0 saturated carbocycles. The van der Waals surface area contributed by atoms with Gasteiger partial charge in [-0.25, -0.2) is 9.97 Å². The Morgan fingerprint density at radius 1 is 1.21 bits per heavy atom. The number of anilines is 1. The molecule has 3 aromatic rings. The molecule has 8 nitrogen and oxygen atoms in total. The highest BCUT2D eigenvalue weighted by atomic mass is 16.2. The number of nitrogens with zero attached hydrogens (tertiary/aromatic N) is 5. The third kappa shape index (κ3) is 4.82. The standard InChI is InChI=1S/C21H28N6O2/c1-4-18-22-12-15-26(18)13-7-11-23-19(28)10-14-27-17-9-6-5-8-16(17)24-20(21(27)29)25(2)3/h5-6,8-9,12,15H,4,7,10-11,13-14H2,1-3H3,(H,23,28). The van der Waals surface area contributed by atoms with Crippen molar-refractivity contribution in [2.45, 2.75) is 39.3 Å². The first-order valence-corrected chi connectivity index (χ1v) is 9.95. The lowest BCUT2D eigenvalue weighted by Crippen LogP contribution is -2.31. The van der Waals surface area contributed by atoms with E-state index in [1.807, 2.05) is 30.5 Å². The van der Waals surface area contributed by atoms with E-state index in [1.54, 1.807) is 29.8 Å². The van der Waals surface area contributed by atoms with Crippen molar-refractivity contribution in [1.82, 2.24) is 24.4 Å². The van der Waals surface area contributed by atoms with E-state index in [0.29, 0.717) is 18.9 Å². The van der Waals surface area contributed by atoms with E-state index in [2.05, 4.69) is 26.8 Å². The molecule has 0 saturated heterocycles. The number of hydrogen-bond acceptors (Lipinski definition) is 5. The topological polar surface area (TPSA) is 85.0 Å². The van der Waals surface area contributed by atoms with Gasteiger partial charge in [0.1, 0.15) is 5.82 Å². The van der Waals surface area contributed by atoms with Gasteiger partial charge in [0, 0.05) is 59.0 Å². The van der Waals surface area contributed by atoms with Gasteiger partial charge in [-0.15, -0.1) is 0 Å². The number of carbonyl (C=O) groups is 1. The van der Waals surface area contributed by atoms with Crippen molar-refractivity contribution in [2.24, 2.45) is 0 Å². The fraction of sp³-hybridized carbons (Fsp3) is 0.429. The van der Waals surface area contributed by atoms with Crippen LogP contribution in [0.2, 0.25) is 0 Å². The Bertz CT molecular complexity index is 1040. The molecule has 0 spiro atoms. The minimum atomic E-state index is -0.186. The highest BCUT2D eigenvalue weighted by molar-refractivity contribution is 5.78. The molecule has 1 N–H and O–H groups in total. The quantitative estimate of drug-likeness (QED) is 0.558. The van der Waals surface area contributed by atoms with E-state index >= 15 is 0 Å². The predicted molar refractivity (Wildman–Crippen MR) is 114 cm³/mol. The smallest absolute Gasteiger partial charge is 0.293 e. The SMILES string of the molecule is CCc1nccn1CCCNC(=O)CCn1c(=O)c(N(C)C)nc2ccccc21. The molecule has 0 bridgehead atoms. The van der Waals surface area contributed by atoms with Gasteiger partial charge in [0.05, 0.1) is 11.0 Å². The van der Waals surface area contributed by atoms with E-state index in [0.717, 1.165) is 36.2 Å². The Hall–Kier alpha value is -3.16. The number of aromatic nitrogens is 4. The second-order valence-electron chi connectivity index (χ2n) is 7.12. The predicted octanol–water partition coefficient (Wildman–Crippen LogP) is 1.82. The van der Waals surface area contributed by atoms with Crippen LogP contribution in [0.15, 0.2) is 41.5 Å². The first kappa shape index (κ1) is 20.6. The maximum Gasteiger partial charge on any atom is 0.293 e. The average Bonchev–Trinajstić information content (AvgIpc) is 3.17. The molecule has 0 radical (unpaired) electrons. The summed E-state index contributed by atoms with van der Waals surface area (Å²) in [6.07, 6.45) is 5.73. The van der Waals surface area contributed by atoms with Crippen LogP contribution in [0.4, 0.5) is 5.82 Å². The maximum atomic E-state index is 12.8. The summed E-state index contributed by atoms with van der Waals surface area (Å²) < 4.78 is 3.74. The molecule has 8 heteroatoms. The summed E-state index contributed by atoms with van der Waals surface area (Å²) in [5.74, 6) is 1.36. The summed E-state index contributed by atoms with van der Waals surface area (Å²) in [6, 6.07) is 7.49. The van der Waals surface area contributed by atoms with Crippen molar-refractivity contribution in [1.29, 1.82) is 0 Å². The molecular weight excluding hydrogens is 368 g/mol. The Morgan fingerprint density at radius 2 is 2.00 bits per heavy atom. The first-order chi connectivity index (χ1) is 14.0. The Labute approximate surface area is 170 Å². The summed E-state index contributed by atoms with van der Waals surface area (Å²) >= 11 is 0. The number of hydrogen-bond donors (Lipinski definition) is 1. The minimum absolute atomic E-state index is 0.0643. The molecule has 3 rings (SSSR count). The van der Waals surface area contributed by atoms with Gasteiger partial charge < -0.3 is 19.4 Å². The number of benzene rings is 1. The van der Waals surface area contributed by atoms with E-state index in [-0.39, 0.29) is 17.9 Å². The van der Waals surface area contributed by atoms with Crippen LogP contribution in [0.1, 0.15) is 25.6 Å². The monoisotopic (exact) mass is 396 g/mol. The zero-order valence-corrected chi connectivity index (χ0v) is 17.3. The fourth-order valence-corrected chi connectivity index (χ4v) is 3.33. The van der Waals surface area contributed by atoms with Gasteiger partial charge in [-0.1, -0.05) is 19.1 Å². The van der Waals surface area contributed by atoms with Crippen molar-refractivity contribution in [2.75, 3.05) is 25.5 Å². The van der Waals surface area contributed by atoms with E-state index < -0.39 is 0 Å². The molecule has 0 fully saturated rings. The normalized spacial score (nSPS) is 11.0. The van der Waals surface area contributed by atoms with Gasteiger partial charge >= 0.3 is 0 Å². The van der Waals surface area contributed by atoms with Crippen LogP contribution in [0.3, 0.4) is 0 Å². The number of nitrogens with one attached hydrogen (secondary N) is 1.